The van der Waals surface area contributed by atoms with Crippen molar-refractivity contribution in [3.05, 3.63) is 67.6 Å². The lowest BCUT2D eigenvalue weighted by molar-refractivity contribution is -0.141. The highest BCUT2D eigenvalue weighted by molar-refractivity contribution is 6.42. The predicted octanol–water partition coefficient (Wildman–Crippen LogP) is 6.56. The fourth-order valence-corrected chi connectivity index (χ4v) is 3.93. The summed E-state index contributed by atoms with van der Waals surface area (Å²) < 4.78 is 0. The molecule has 2 aromatic carbocycles. The molecule has 2 rings (SSSR count). The van der Waals surface area contributed by atoms with E-state index in [-0.39, 0.29) is 24.8 Å². The summed E-state index contributed by atoms with van der Waals surface area (Å²) in [6.45, 7) is 7.77. The summed E-state index contributed by atoms with van der Waals surface area (Å²) in [6, 6.07) is 9.50. The summed E-state index contributed by atoms with van der Waals surface area (Å²) in [7, 11) is 0. The Morgan fingerprint density at radius 1 is 0.968 bits per heavy atom. The van der Waals surface area contributed by atoms with Crippen molar-refractivity contribution in [2.45, 2.75) is 58.7 Å². The van der Waals surface area contributed by atoms with E-state index in [1.54, 1.807) is 41.3 Å². The second-order valence-corrected chi connectivity index (χ2v) is 10.0. The first-order chi connectivity index (χ1) is 14.4. The smallest absolute Gasteiger partial charge is 0.243 e. The number of halogens is 4. The molecule has 2 amide bonds. The normalized spacial score (nSPS) is 12.4. The van der Waals surface area contributed by atoms with Crippen molar-refractivity contribution < 1.29 is 9.59 Å². The molecule has 168 valence electrons. The van der Waals surface area contributed by atoms with Gasteiger partial charge in [0, 0.05) is 22.1 Å². The van der Waals surface area contributed by atoms with E-state index in [2.05, 4.69) is 5.32 Å². The first-order valence-electron chi connectivity index (χ1n) is 9.90. The Hall–Kier alpha value is -1.46. The van der Waals surface area contributed by atoms with Gasteiger partial charge in [-0.1, -0.05) is 65.5 Å². The van der Waals surface area contributed by atoms with Crippen LogP contribution in [0, 0.1) is 0 Å². The van der Waals surface area contributed by atoms with Crippen LogP contribution in [0.15, 0.2) is 36.4 Å². The maximum Gasteiger partial charge on any atom is 0.243 e. The Bertz CT molecular complexity index is 957. The van der Waals surface area contributed by atoms with Gasteiger partial charge in [-0.3, -0.25) is 9.59 Å². The summed E-state index contributed by atoms with van der Waals surface area (Å²) >= 11 is 24.4. The van der Waals surface area contributed by atoms with E-state index in [1.165, 1.54) is 0 Å². The highest BCUT2D eigenvalue weighted by Gasteiger charge is 2.31. The quantitative estimate of drug-likeness (QED) is 0.464. The van der Waals surface area contributed by atoms with Crippen molar-refractivity contribution in [1.82, 2.24) is 10.2 Å². The standard InChI is InChI=1S/C23H26Cl4N2O2/c1-5-20(22(31)28-23(2,3)4)29(13-14-6-9-17(25)19(27)10-14)21(30)11-15-7-8-16(24)12-18(15)26/h6-10,12,20H,5,11,13H2,1-4H3,(H,28,31)/t20-/m0/s1. The molecule has 0 fully saturated rings. The monoisotopic (exact) mass is 502 g/mol. The third kappa shape index (κ3) is 7.57. The average Bonchev–Trinajstić information content (AvgIpc) is 2.65. The van der Waals surface area contributed by atoms with Crippen molar-refractivity contribution >= 4 is 58.2 Å². The fraction of sp³-hybridized carbons (Fsp3) is 0.391. The molecule has 1 atom stereocenters. The molecular weight excluding hydrogens is 478 g/mol. The summed E-state index contributed by atoms with van der Waals surface area (Å²) in [5, 5.41) is 4.68. The van der Waals surface area contributed by atoms with E-state index in [0.717, 1.165) is 5.56 Å². The van der Waals surface area contributed by atoms with Gasteiger partial charge < -0.3 is 10.2 Å². The SMILES string of the molecule is CC[C@@H](C(=O)NC(C)(C)C)N(Cc1ccc(Cl)c(Cl)c1)C(=O)Cc1ccc(Cl)cc1Cl. The van der Waals surface area contributed by atoms with E-state index in [9.17, 15) is 9.59 Å². The predicted molar refractivity (Wildman–Crippen MR) is 129 cm³/mol. The van der Waals surface area contributed by atoms with Crippen LogP contribution in [0.4, 0.5) is 0 Å². The third-order valence-corrected chi connectivity index (χ3v) is 5.90. The minimum atomic E-state index is -0.660. The minimum Gasteiger partial charge on any atom is -0.350 e. The Morgan fingerprint density at radius 2 is 1.65 bits per heavy atom. The number of carbonyl (C=O) groups excluding carboxylic acids is 2. The summed E-state index contributed by atoms with van der Waals surface area (Å²) in [6.07, 6.45) is 0.486. The van der Waals surface area contributed by atoms with Gasteiger partial charge in [0.05, 0.1) is 16.5 Å². The molecule has 0 saturated heterocycles. The second kappa shape index (κ2) is 10.9. The molecule has 0 aliphatic heterocycles. The molecule has 0 spiro atoms. The summed E-state index contributed by atoms with van der Waals surface area (Å²) in [4.78, 5) is 27.9. The third-order valence-electron chi connectivity index (χ3n) is 4.58. The van der Waals surface area contributed by atoms with Gasteiger partial charge in [0.1, 0.15) is 6.04 Å². The lowest BCUT2D eigenvalue weighted by Crippen LogP contribution is -2.53. The van der Waals surface area contributed by atoms with Crippen molar-refractivity contribution in [2.75, 3.05) is 0 Å². The Balaban J connectivity index is 2.38. The minimum absolute atomic E-state index is 0.0383. The molecule has 8 heteroatoms. The lowest BCUT2D eigenvalue weighted by atomic mass is 10.0. The second-order valence-electron chi connectivity index (χ2n) is 8.35. The van der Waals surface area contributed by atoms with Crippen LogP contribution in [-0.4, -0.2) is 28.3 Å². The Kier molecular flexibility index (Phi) is 9.08. The van der Waals surface area contributed by atoms with E-state index in [1.807, 2.05) is 27.7 Å². The zero-order valence-corrected chi connectivity index (χ0v) is 21.0. The number of rotatable bonds is 7. The zero-order valence-electron chi connectivity index (χ0n) is 17.9. The molecule has 0 aliphatic carbocycles. The fourth-order valence-electron chi connectivity index (χ4n) is 3.14. The van der Waals surface area contributed by atoms with Crippen LogP contribution in [0.2, 0.25) is 20.1 Å². The highest BCUT2D eigenvalue weighted by Crippen LogP contribution is 2.26. The molecule has 0 aromatic heterocycles. The largest absolute Gasteiger partial charge is 0.350 e. The molecular formula is C23H26Cl4N2O2. The molecule has 0 heterocycles. The Morgan fingerprint density at radius 3 is 2.19 bits per heavy atom. The van der Waals surface area contributed by atoms with Gasteiger partial charge in [0.2, 0.25) is 11.8 Å². The molecule has 0 aliphatic rings. The van der Waals surface area contributed by atoms with Gasteiger partial charge in [-0.05, 0) is 62.6 Å². The van der Waals surface area contributed by atoms with Crippen LogP contribution in [0.1, 0.15) is 45.2 Å². The molecule has 1 N–H and O–H groups in total. The molecule has 0 saturated carbocycles. The maximum atomic E-state index is 13.4. The molecule has 2 aromatic rings. The van der Waals surface area contributed by atoms with Gasteiger partial charge in [-0.15, -0.1) is 0 Å². The molecule has 0 unspecified atom stereocenters. The van der Waals surface area contributed by atoms with E-state index < -0.39 is 11.6 Å². The van der Waals surface area contributed by atoms with Crippen LogP contribution in [0.5, 0.6) is 0 Å². The molecule has 0 radical (unpaired) electrons. The van der Waals surface area contributed by atoms with Crippen LogP contribution in [-0.2, 0) is 22.6 Å². The van der Waals surface area contributed by atoms with Crippen molar-refractivity contribution in [1.29, 1.82) is 0 Å². The number of nitrogens with one attached hydrogen (secondary N) is 1. The first kappa shape index (κ1) is 25.8. The van der Waals surface area contributed by atoms with E-state index >= 15 is 0 Å². The maximum absolute atomic E-state index is 13.4. The number of carbonyl (C=O) groups is 2. The van der Waals surface area contributed by atoms with Gasteiger partial charge in [0.15, 0.2) is 0 Å². The summed E-state index contributed by atoms with van der Waals surface area (Å²) in [5.74, 6) is -0.447. The van der Waals surface area contributed by atoms with Crippen LogP contribution >= 0.6 is 46.4 Å². The van der Waals surface area contributed by atoms with Crippen LogP contribution in [0.25, 0.3) is 0 Å². The Labute approximate surface area is 203 Å². The topological polar surface area (TPSA) is 49.4 Å². The molecule has 31 heavy (non-hydrogen) atoms. The first-order valence-corrected chi connectivity index (χ1v) is 11.4. The van der Waals surface area contributed by atoms with E-state index in [4.69, 9.17) is 46.4 Å². The summed E-state index contributed by atoms with van der Waals surface area (Å²) in [5.41, 5.74) is 0.982. The zero-order chi connectivity index (χ0) is 23.3. The number of hydrogen-bond donors (Lipinski definition) is 1. The molecule has 0 bridgehead atoms. The number of amides is 2. The van der Waals surface area contributed by atoms with Crippen molar-refractivity contribution in [3.63, 3.8) is 0 Å². The van der Waals surface area contributed by atoms with Crippen molar-refractivity contribution in [2.24, 2.45) is 0 Å². The van der Waals surface area contributed by atoms with Gasteiger partial charge in [0.25, 0.3) is 0 Å². The number of hydrogen-bond acceptors (Lipinski definition) is 2. The van der Waals surface area contributed by atoms with Gasteiger partial charge >= 0.3 is 0 Å². The molecule has 4 nitrogen and oxygen atoms in total. The lowest BCUT2D eigenvalue weighted by Gasteiger charge is -2.33. The average molecular weight is 504 g/mol. The van der Waals surface area contributed by atoms with Crippen molar-refractivity contribution in [3.8, 4) is 0 Å². The van der Waals surface area contributed by atoms with Crippen LogP contribution < -0.4 is 5.32 Å². The number of nitrogens with zero attached hydrogens (tertiary/aromatic N) is 1. The van der Waals surface area contributed by atoms with Crippen LogP contribution in [0.3, 0.4) is 0 Å². The highest BCUT2D eigenvalue weighted by atomic mass is 35.5. The van der Waals surface area contributed by atoms with Gasteiger partial charge in [-0.25, -0.2) is 0 Å². The van der Waals surface area contributed by atoms with Gasteiger partial charge in [-0.2, -0.15) is 0 Å². The van der Waals surface area contributed by atoms with E-state index in [0.29, 0.717) is 32.1 Å². The number of benzene rings is 2.